The van der Waals surface area contributed by atoms with Crippen LogP contribution in [0, 0.1) is 0 Å². The number of aromatic nitrogens is 1. The molecule has 1 aliphatic rings. The second-order valence-electron chi connectivity index (χ2n) is 7.03. The van der Waals surface area contributed by atoms with Crippen molar-refractivity contribution in [3.8, 4) is 11.1 Å². The average molecular weight is 397 g/mol. The highest BCUT2D eigenvalue weighted by Gasteiger charge is 2.45. The number of morpholine rings is 1. The van der Waals surface area contributed by atoms with Crippen LogP contribution >= 0.6 is 0 Å². The van der Waals surface area contributed by atoms with E-state index in [1.807, 2.05) is 43.3 Å². The SMILES string of the molecule is CCNC(=O)C1(Cc2ccccc2-c2cccnc2)CN(C(=O)COC)CCO1. The molecule has 154 valence electrons. The topological polar surface area (TPSA) is 80.8 Å². The van der Waals surface area contributed by atoms with E-state index in [4.69, 9.17) is 9.47 Å². The number of hydrogen-bond acceptors (Lipinski definition) is 5. The second-order valence-corrected chi connectivity index (χ2v) is 7.03. The van der Waals surface area contributed by atoms with Crippen molar-refractivity contribution in [2.45, 2.75) is 18.9 Å². The zero-order valence-electron chi connectivity index (χ0n) is 16.9. The van der Waals surface area contributed by atoms with E-state index in [2.05, 4.69) is 10.3 Å². The number of amides is 2. The molecule has 1 saturated heterocycles. The predicted molar refractivity (Wildman–Crippen MR) is 109 cm³/mol. The largest absolute Gasteiger partial charge is 0.375 e. The molecule has 1 aliphatic heterocycles. The van der Waals surface area contributed by atoms with Crippen LogP contribution in [-0.2, 0) is 25.5 Å². The monoisotopic (exact) mass is 397 g/mol. The number of likely N-dealkylation sites (N-methyl/N-ethyl adjacent to an activating group) is 1. The van der Waals surface area contributed by atoms with Gasteiger partial charge >= 0.3 is 0 Å². The van der Waals surface area contributed by atoms with Crippen LogP contribution < -0.4 is 5.32 Å². The Kier molecular flexibility index (Phi) is 6.95. The van der Waals surface area contributed by atoms with Gasteiger partial charge in [0, 0.05) is 44.6 Å². The molecular formula is C22H27N3O4. The number of pyridine rings is 1. The molecule has 1 fully saturated rings. The van der Waals surface area contributed by atoms with Crippen LogP contribution in [0.4, 0.5) is 0 Å². The zero-order valence-corrected chi connectivity index (χ0v) is 16.9. The molecule has 7 nitrogen and oxygen atoms in total. The molecule has 0 bridgehead atoms. The normalized spacial score (nSPS) is 19.0. The number of methoxy groups -OCH3 is 1. The Labute approximate surface area is 171 Å². The first-order chi connectivity index (χ1) is 14.1. The fourth-order valence-corrected chi connectivity index (χ4v) is 3.64. The first-order valence-electron chi connectivity index (χ1n) is 9.77. The van der Waals surface area contributed by atoms with Crippen molar-refractivity contribution in [3.63, 3.8) is 0 Å². The number of nitrogens with one attached hydrogen (secondary N) is 1. The van der Waals surface area contributed by atoms with Crippen molar-refractivity contribution in [1.29, 1.82) is 0 Å². The summed E-state index contributed by atoms with van der Waals surface area (Å²) in [5, 5.41) is 2.88. The molecule has 0 aliphatic carbocycles. The summed E-state index contributed by atoms with van der Waals surface area (Å²) >= 11 is 0. The summed E-state index contributed by atoms with van der Waals surface area (Å²) < 4.78 is 11.1. The number of hydrogen-bond donors (Lipinski definition) is 1. The van der Waals surface area contributed by atoms with Crippen LogP contribution in [0.1, 0.15) is 12.5 Å². The minimum absolute atomic E-state index is 0.0161. The number of ether oxygens (including phenoxy) is 2. The van der Waals surface area contributed by atoms with Crippen LogP contribution in [0.25, 0.3) is 11.1 Å². The van der Waals surface area contributed by atoms with E-state index in [0.717, 1.165) is 16.7 Å². The quantitative estimate of drug-likeness (QED) is 0.769. The Morgan fingerprint density at radius 1 is 1.28 bits per heavy atom. The predicted octanol–water partition coefficient (Wildman–Crippen LogP) is 1.67. The van der Waals surface area contributed by atoms with Gasteiger partial charge in [0.15, 0.2) is 5.60 Å². The lowest BCUT2D eigenvalue weighted by atomic mass is 9.87. The third kappa shape index (κ3) is 4.81. The van der Waals surface area contributed by atoms with E-state index < -0.39 is 5.60 Å². The first-order valence-corrected chi connectivity index (χ1v) is 9.77. The Hall–Kier alpha value is -2.77. The molecule has 3 rings (SSSR count). The minimum Gasteiger partial charge on any atom is -0.375 e. The zero-order chi connectivity index (χ0) is 20.7. The highest BCUT2D eigenvalue weighted by Crippen LogP contribution is 2.30. The lowest BCUT2D eigenvalue weighted by molar-refractivity contribution is -0.167. The summed E-state index contributed by atoms with van der Waals surface area (Å²) in [5.74, 6) is -0.360. The van der Waals surface area contributed by atoms with Gasteiger partial charge in [-0.25, -0.2) is 0 Å². The van der Waals surface area contributed by atoms with E-state index in [9.17, 15) is 9.59 Å². The van der Waals surface area contributed by atoms with Crippen molar-refractivity contribution in [1.82, 2.24) is 15.2 Å². The Morgan fingerprint density at radius 3 is 2.83 bits per heavy atom. The molecule has 2 aromatic rings. The Morgan fingerprint density at radius 2 is 2.10 bits per heavy atom. The number of benzene rings is 1. The van der Waals surface area contributed by atoms with Gasteiger partial charge in [-0.2, -0.15) is 0 Å². The van der Waals surface area contributed by atoms with Gasteiger partial charge in [0.1, 0.15) is 6.61 Å². The molecule has 29 heavy (non-hydrogen) atoms. The van der Waals surface area contributed by atoms with E-state index in [1.54, 1.807) is 17.3 Å². The third-order valence-electron chi connectivity index (χ3n) is 5.02. The molecule has 0 spiro atoms. The standard InChI is InChI=1S/C22H27N3O4/c1-3-24-21(27)22(16-25(11-12-29-22)20(26)15-28-2)13-17-7-4-5-9-19(17)18-8-6-10-23-14-18/h4-10,14H,3,11-13,15-16H2,1-2H3,(H,24,27). The summed E-state index contributed by atoms with van der Waals surface area (Å²) in [6, 6.07) is 11.8. The van der Waals surface area contributed by atoms with Crippen molar-refractivity contribution in [2.75, 3.05) is 40.0 Å². The van der Waals surface area contributed by atoms with Gasteiger partial charge in [0.05, 0.1) is 13.2 Å². The second kappa shape index (κ2) is 9.62. The van der Waals surface area contributed by atoms with Gasteiger partial charge in [0.25, 0.3) is 5.91 Å². The Balaban J connectivity index is 1.95. The van der Waals surface area contributed by atoms with Gasteiger partial charge in [0.2, 0.25) is 5.91 Å². The van der Waals surface area contributed by atoms with Gasteiger partial charge in [-0.1, -0.05) is 30.3 Å². The van der Waals surface area contributed by atoms with E-state index >= 15 is 0 Å². The Bertz CT molecular complexity index is 843. The molecule has 2 heterocycles. The maximum atomic E-state index is 13.1. The highest BCUT2D eigenvalue weighted by atomic mass is 16.5. The lowest BCUT2D eigenvalue weighted by Gasteiger charge is -2.42. The summed E-state index contributed by atoms with van der Waals surface area (Å²) in [4.78, 5) is 31.4. The number of rotatable bonds is 7. The molecule has 1 aromatic carbocycles. The van der Waals surface area contributed by atoms with Crippen LogP contribution in [0.2, 0.25) is 0 Å². The van der Waals surface area contributed by atoms with E-state index in [-0.39, 0.29) is 25.0 Å². The first kappa shape index (κ1) is 21.0. The van der Waals surface area contributed by atoms with Gasteiger partial charge in [-0.15, -0.1) is 0 Å². The average Bonchev–Trinajstić information content (AvgIpc) is 2.75. The van der Waals surface area contributed by atoms with Gasteiger partial charge in [-0.05, 0) is 24.1 Å². The molecule has 0 radical (unpaired) electrons. The fourth-order valence-electron chi connectivity index (χ4n) is 3.64. The van der Waals surface area contributed by atoms with Crippen molar-refractivity contribution >= 4 is 11.8 Å². The molecule has 1 unspecified atom stereocenters. The van der Waals surface area contributed by atoms with Crippen molar-refractivity contribution < 1.29 is 19.1 Å². The van der Waals surface area contributed by atoms with Crippen LogP contribution in [0.15, 0.2) is 48.8 Å². The molecule has 0 saturated carbocycles. The summed E-state index contributed by atoms with van der Waals surface area (Å²) in [6.07, 6.45) is 3.88. The third-order valence-corrected chi connectivity index (χ3v) is 5.02. The van der Waals surface area contributed by atoms with E-state index in [1.165, 1.54) is 7.11 Å². The number of carbonyl (C=O) groups excluding carboxylic acids is 2. The summed E-state index contributed by atoms with van der Waals surface area (Å²) in [6.45, 7) is 3.25. The number of nitrogens with zero attached hydrogens (tertiary/aromatic N) is 2. The number of carbonyl (C=O) groups is 2. The molecule has 1 N–H and O–H groups in total. The molecule has 7 heteroatoms. The van der Waals surface area contributed by atoms with Gasteiger partial charge < -0.3 is 19.7 Å². The molecule has 1 atom stereocenters. The smallest absolute Gasteiger partial charge is 0.254 e. The summed E-state index contributed by atoms with van der Waals surface area (Å²) in [7, 11) is 1.49. The van der Waals surface area contributed by atoms with Crippen molar-refractivity contribution in [2.24, 2.45) is 0 Å². The lowest BCUT2D eigenvalue weighted by Crippen LogP contribution is -2.62. The highest BCUT2D eigenvalue weighted by molar-refractivity contribution is 5.88. The van der Waals surface area contributed by atoms with Crippen LogP contribution in [-0.4, -0.2) is 67.3 Å². The van der Waals surface area contributed by atoms with Crippen molar-refractivity contribution in [3.05, 3.63) is 54.4 Å². The van der Waals surface area contributed by atoms with Crippen LogP contribution in [0.3, 0.4) is 0 Å². The maximum absolute atomic E-state index is 13.1. The molecular weight excluding hydrogens is 370 g/mol. The fraction of sp³-hybridized carbons (Fsp3) is 0.409. The molecule has 1 aromatic heterocycles. The maximum Gasteiger partial charge on any atom is 0.254 e. The minimum atomic E-state index is -1.16. The van der Waals surface area contributed by atoms with E-state index in [0.29, 0.717) is 26.1 Å². The molecule has 2 amide bonds. The summed E-state index contributed by atoms with van der Waals surface area (Å²) in [5.41, 5.74) is 1.77. The van der Waals surface area contributed by atoms with Crippen LogP contribution in [0.5, 0.6) is 0 Å². The van der Waals surface area contributed by atoms with Gasteiger partial charge in [-0.3, -0.25) is 14.6 Å².